The fourth-order valence-corrected chi connectivity index (χ4v) is 4.89. The van der Waals surface area contributed by atoms with Crippen molar-refractivity contribution < 1.29 is 13.2 Å². The first-order valence-electron chi connectivity index (χ1n) is 7.02. The molecule has 1 N–H and O–H groups in total. The summed E-state index contributed by atoms with van der Waals surface area (Å²) in [6.07, 6.45) is 1.68. The molecular weight excluding hydrogens is 274 g/mol. The first kappa shape index (κ1) is 15.3. The highest BCUT2D eigenvalue weighted by atomic mass is 32.2. The summed E-state index contributed by atoms with van der Waals surface area (Å²) in [5.74, 6) is 2.15. The number of benzene rings is 1. The van der Waals surface area contributed by atoms with E-state index in [1.54, 1.807) is 7.11 Å². The summed E-state index contributed by atoms with van der Waals surface area (Å²) in [6, 6.07) is 8.02. The van der Waals surface area contributed by atoms with E-state index in [0.29, 0.717) is 17.4 Å². The standard InChI is InChI=1S/C15H23NO3S/c1-16-10-14(13-6-7-20(17,18)11-13)8-12-4-3-5-15(9-12)19-2/h3-5,9,13-14,16H,6-8,10-11H2,1-2H3. The van der Waals surface area contributed by atoms with Crippen LogP contribution in [0.5, 0.6) is 5.75 Å². The van der Waals surface area contributed by atoms with Gasteiger partial charge in [-0.1, -0.05) is 12.1 Å². The van der Waals surface area contributed by atoms with Gasteiger partial charge in [-0.25, -0.2) is 8.42 Å². The van der Waals surface area contributed by atoms with Crippen LogP contribution in [0, 0.1) is 11.8 Å². The van der Waals surface area contributed by atoms with Gasteiger partial charge in [-0.15, -0.1) is 0 Å². The third kappa shape index (κ3) is 3.96. The van der Waals surface area contributed by atoms with Gasteiger partial charge in [0.05, 0.1) is 18.6 Å². The molecule has 0 amide bonds. The van der Waals surface area contributed by atoms with Crippen LogP contribution in [0.4, 0.5) is 0 Å². The lowest BCUT2D eigenvalue weighted by Gasteiger charge is -2.22. The Morgan fingerprint density at radius 2 is 2.25 bits per heavy atom. The molecule has 1 aromatic carbocycles. The Labute approximate surface area is 121 Å². The molecule has 0 aliphatic carbocycles. The van der Waals surface area contributed by atoms with E-state index in [9.17, 15) is 8.42 Å². The van der Waals surface area contributed by atoms with Crippen molar-refractivity contribution in [3.05, 3.63) is 29.8 Å². The Bertz CT molecular complexity index is 542. The number of sulfone groups is 1. The van der Waals surface area contributed by atoms with E-state index in [4.69, 9.17) is 4.74 Å². The predicted molar refractivity (Wildman–Crippen MR) is 80.9 cm³/mol. The Kier molecular flexibility index (Phi) is 5.05. The van der Waals surface area contributed by atoms with Crippen LogP contribution in [-0.4, -0.2) is 40.6 Å². The molecule has 1 aliphatic rings. The summed E-state index contributed by atoms with van der Waals surface area (Å²) >= 11 is 0. The van der Waals surface area contributed by atoms with Crippen molar-refractivity contribution in [2.24, 2.45) is 11.8 Å². The molecule has 1 saturated heterocycles. The number of methoxy groups -OCH3 is 1. The third-order valence-corrected chi connectivity index (χ3v) is 5.83. The molecule has 5 heteroatoms. The van der Waals surface area contributed by atoms with Gasteiger partial charge in [0.2, 0.25) is 0 Å². The van der Waals surface area contributed by atoms with Crippen molar-refractivity contribution in [3.63, 3.8) is 0 Å². The second-order valence-electron chi connectivity index (χ2n) is 5.54. The van der Waals surface area contributed by atoms with Gasteiger partial charge in [-0.2, -0.15) is 0 Å². The maximum absolute atomic E-state index is 11.7. The van der Waals surface area contributed by atoms with Crippen molar-refractivity contribution in [3.8, 4) is 5.75 Å². The van der Waals surface area contributed by atoms with Crippen LogP contribution >= 0.6 is 0 Å². The van der Waals surface area contributed by atoms with Gasteiger partial charge in [0.15, 0.2) is 9.84 Å². The first-order chi connectivity index (χ1) is 9.54. The van der Waals surface area contributed by atoms with Crippen LogP contribution in [0.25, 0.3) is 0 Å². The van der Waals surface area contributed by atoms with Gasteiger partial charge < -0.3 is 10.1 Å². The quantitative estimate of drug-likeness (QED) is 0.865. The molecule has 0 bridgehead atoms. The van der Waals surface area contributed by atoms with Crippen LogP contribution < -0.4 is 10.1 Å². The molecular formula is C15H23NO3S. The molecule has 112 valence electrons. The highest BCUT2D eigenvalue weighted by Gasteiger charge is 2.33. The lowest BCUT2D eigenvalue weighted by molar-refractivity contribution is 0.351. The summed E-state index contributed by atoms with van der Waals surface area (Å²) in [6.45, 7) is 0.845. The SMILES string of the molecule is CNCC(Cc1cccc(OC)c1)C1CCS(=O)(=O)C1. The normalized spacial score (nSPS) is 22.6. The highest BCUT2D eigenvalue weighted by Crippen LogP contribution is 2.29. The molecule has 2 atom stereocenters. The van der Waals surface area contributed by atoms with Gasteiger partial charge in [0.25, 0.3) is 0 Å². The van der Waals surface area contributed by atoms with E-state index < -0.39 is 9.84 Å². The molecule has 20 heavy (non-hydrogen) atoms. The average molecular weight is 297 g/mol. The molecule has 4 nitrogen and oxygen atoms in total. The molecule has 0 spiro atoms. The Morgan fingerprint density at radius 3 is 2.85 bits per heavy atom. The summed E-state index contributed by atoms with van der Waals surface area (Å²) in [5.41, 5.74) is 1.20. The highest BCUT2D eigenvalue weighted by molar-refractivity contribution is 7.91. The molecule has 1 heterocycles. The number of ether oxygens (including phenoxy) is 1. The predicted octanol–water partition coefficient (Wildman–Crippen LogP) is 1.51. The second-order valence-corrected chi connectivity index (χ2v) is 7.77. The molecule has 0 saturated carbocycles. The molecule has 2 rings (SSSR count). The van der Waals surface area contributed by atoms with Crippen molar-refractivity contribution in [1.29, 1.82) is 0 Å². The minimum Gasteiger partial charge on any atom is -0.497 e. The van der Waals surface area contributed by atoms with E-state index in [1.165, 1.54) is 5.56 Å². The average Bonchev–Trinajstić information content (AvgIpc) is 2.79. The van der Waals surface area contributed by atoms with Crippen LogP contribution in [0.3, 0.4) is 0 Å². The number of nitrogens with one attached hydrogen (secondary N) is 1. The van der Waals surface area contributed by atoms with Gasteiger partial charge >= 0.3 is 0 Å². The zero-order chi connectivity index (χ0) is 14.6. The zero-order valence-corrected chi connectivity index (χ0v) is 12.9. The Balaban J connectivity index is 2.09. The molecule has 2 unspecified atom stereocenters. The van der Waals surface area contributed by atoms with Gasteiger partial charge in [-0.05, 0) is 56.0 Å². The van der Waals surface area contributed by atoms with Crippen molar-refractivity contribution >= 4 is 9.84 Å². The molecule has 1 aliphatic heterocycles. The lowest BCUT2D eigenvalue weighted by Crippen LogP contribution is -2.28. The van der Waals surface area contributed by atoms with E-state index in [2.05, 4.69) is 11.4 Å². The Hall–Kier alpha value is -1.07. The number of rotatable bonds is 6. The summed E-state index contributed by atoms with van der Waals surface area (Å²) in [4.78, 5) is 0. The lowest BCUT2D eigenvalue weighted by atomic mass is 9.86. The van der Waals surface area contributed by atoms with Crippen molar-refractivity contribution in [1.82, 2.24) is 5.32 Å². The van der Waals surface area contributed by atoms with Crippen LogP contribution in [0.2, 0.25) is 0 Å². The monoisotopic (exact) mass is 297 g/mol. The summed E-state index contributed by atoms with van der Waals surface area (Å²) < 4.78 is 28.6. The topological polar surface area (TPSA) is 55.4 Å². The fraction of sp³-hybridized carbons (Fsp3) is 0.600. The minimum atomic E-state index is -2.82. The smallest absolute Gasteiger partial charge is 0.150 e. The third-order valence-electron chi connectivity index (χ3n) is 4.03. The van der Waals surface area contributed by atoms with Crippen molar-refractivity contribution in [2.45, 2.75) is 12.8 Å². The number of hydrogen-bond acceptors (Lipinski definition) is 4. The van der Waals surface area contributed by atoms with Gasteiger partial charge in [0.1, 0.15) is 5.75 Å². The van der Waals surface area contributed by atoms with Gasteiger partial charge in [0, 0.05) is 0 Å². The van der Waals surface area contributed by atoms with Crippen LogP contribution in [0.1, 0.15) is 12.0 Å². The minimum absolute atomic E-state index is 0.263. The molecule has 0 aromatic heterocycles. The zero-order valence-electron chi connectivity index (χ0n) is 12.1. The van der Waals surface area contributed by atoms with E-state index in [1.807, 2.05) is 25.2 Å². The largest absolute Gasteiger partial charge is 0.497 e. The summed E-state index contributed by atoms with van der Waals surface area (Å²) in [5, 5.41) is 3.19. The van der Waals surface area contributed by atoms with E-state index in [-0.39, 0.29) is 5.92 Å². The Morgan fingerprint density at radius 1 is 1.45 bits per heavy atom. The van der Waals surface area contributed by atoms with Gasteiger partial charge in [-0.3, -0.25) is 0 Å². The molecule has 1 fully saturated rings. The number of hydrogen-bond donors (Lipinski definition) is 1. The van der Waals surface area contributed by atoms with Crippen molar-refractivity contribution in [2.75, 3.05) is 32.2 Å². The first-order valence-corrected chi connectivity index (χ1v) is 8.84. The maximum atomic E-state index is 11.7. The fourth-order valence-electron chi connectivity index (χ4n) is 2.97. The van der Waals surface area contributed by atoms with Crippen LogP contribution in [-0.2, 0) is 16.3 Å². The van der Waals surface area contributed by atoms with E-state index in [0.717, 1.165) is 25.1 Å². The summed E-state index contributed by atoms with van der Waals surface area (Å²) in [7, 11) is 0.763. The van der Waals surface area contributed by atoms with E-state index >= 15 is 0 Å². The second kappa shape index (κ2) is 6.59. The maximum Gasteiger partial charge on any atom is 0.150 e. The molecule has 1 aromatic rings. The molecule has 0 radical (unpaired) electrons. The van der Waals surface area contributed by atoms with Crippen LogP contribution in [0.15, 0.2) is 24.3 Å².